The second-order valence-corrected chi connectivity index (χ2v) is 30.5. The molecule has 0 aliphatic carbocycles. The first-order chi connectivity index (χ1) is 54.5. The maximum atomic E-state index is 15.0. The topological polar surface area (TPSA) is 617 Å². The summed E-state index contributed by atoms with van der Waals surface area (Å²) in [4.78, 5) is 209. The number of thioether (sulfide) groups is 1. The van der Waals surface area contributed by atoms with Gasteiger partial charge in [0.2, 0.25) is 76.8 Å². The summed E-state index contributed by atoms with van der Waals surface area (Å²) in [7, 11) is 0. The third-order valence-corrected chi connectivity index (χ3v) is 19.7. The first kappa shape index (κ1) is 96.4. The zero-order valence-electron chi connectivity index (χ0n) is 66.6. The lowest BCUT2D eigenvalue weighted by atomic mass is 9.95. The number of amides is 13. The maximum absolute atomic E-state index is 15.0. The van der Waals surface area contributed by atoms with Crippen molar-refractivity contribution in [3.05, 3.63) is 108 Å². The quantitative estimate of drug-likeness (QED) is 0.0190. The molecule has 1 fully saturated rings. The number of aliphatic hydroxyl groups excluding tert-OH is 1. The summed E-state index contributed by atoms with van der Waals surface area (Å²) in [5.74, 6) is -17.5. The van der Waals surface area contributed by atoms with E-state index in [-0.39, 0.29) is 120 Å². The number of hydrogen-bond donors (Lipinski definition) is 21. The van der Waals surface area contributed by atoms with Gasteiger partial charge in [-0.25, -0.2) is 0 Å². The second-order valence-electron chi connectivity index (χ2n) is 29.4. The molecule has 1 aliphatic heterocycles. The smallest absolute Gasteiger partial charge is 0.305 e. The molecule has 38 heteroatoms. The number of aliphatic imine (C=N–C) groups is 2. The zero-order valence-corrected chi connectivity index (χ0v) is 67.4. The number of benzene rings is 3. The molecule has 3 aromatic carbocycles. The molecule has 0 radical (unpaired) electrons. The van der Waals surface area contributed by atoms with Gasteiger partial charge in [0.1, 0.15) is 72.7 Å². The predicted molar refractivity (Wildman–Crippen MR) is 433 cm³/mol. The van der Waals surface area contributed by atoms with Gasteiger partial charge in [-0.1, -0.05) is 153 Å². The molecule has 0 bridgehead atoms. The van der Waals surface area contributed by atoms with Gasteiger partial charge in [-0.05, 0) is 98.3 Å². The number of aliphatic carboxylic acids is 1. The zero-order chi connectivity index (χ0) is 85.4. The van der Waals surface area contributed by atoms with Crippen molar-refractivity contribution in [2.24, 2.45) is 68.1 Å². The average molecular weight is 1630 g/mol. The normalized spacial score (nSPS) is 24.0. The molecule has 0 saturated carbocycles. The molecule has 1 saturated heterocycles. The van der Waals surface area contributed by atoms with Gasteiger partial charge in [-0.2, -0.15) is 11.8 Å². The van der Waals surface area contributed by atoms with Crippen LogP contribution < -0.4 is 104 Å². The first-order valence-corrected chi connectivity index (χ1v) is 39.7. The van der Waals surface area contributed by atoms with Gasteiger partial charge in [0.05, 0.1) is 19.0 Å². The van der Waals surface area contributed by atoms with E-state index in [1.807, 2.05) is 0 Å². The number of carbonyl (C=O) groups excluding carboxylic acids is 13. The largest absolute Gasteiger partial charge is 0.481 e. The van der Waals surface area contributed by atoms with E-state index >= 15 is 0 Å². The van der Waals surface area contributed by atoms with Gasteiger partial charge in [-0.15, -0.1) is 0 Å². The molecule has 37 nitrogen and oxygen atoms in total. The Morgan fingerprint density at radius 3 is 1.25 bits per heavy atom. The minimum Gasteiger partial charge on any atom is -0.481 e. The van der Waals surface area contributed by atoms with Gasteiger partial charge in [0, 0.05) is 37.4 Å². The van der Waals surface area contributed by atoms with Gasteiger partial charge < -0.3 is 108 Å². The number of nitrogens with two attached hydrogens (primary N) is 6. The highest BCUT2D eigenvalue weighted by Gasteiger charge is 2.40. The van der Waals surface area contributed by atoms with Crippen molar-refractivity contribution in [1.82, 2.24) is 69.1 Å². The number of carboxylic acid groups (broad SMARTS) is 1. The summed E-state index contributed by atoms with van der Waals surface area (Å²) in [5, 5.41) is 56.7. The third kappa shape index (κ3) is 35.5. The van der Waals surface area contributed by atoms with Crippen LogP contribution in [0.2, 0.25) is 0 Å². The van der Waals surface area contributed by atoms with Gasteiger partial charge in [0.25, 0.3) is 0 Å². The molecule has 1 aliphatic rings. The van der Waals surface area contributed by atoms with Crippen LogP contribution in [0.5, 0.6) is 0 Å². The fraction of sp³-hybridized carbons (Fsp3) is 0.558. The van der Waals surface area contributed by atoms with E-state index in [4.69, 9.17) is 34.4 Å². The summed E-state index contributed by atoms with van der Waals surface area (Å²) >= 11 is 0.923. The lowest BCUT2D eigenvalue weighted by Crippen LogP contribution is -2.62. The van der Waals surface area contributed by atoms with Crippen LogP contribution in [0.15, 0.2) is 101 Å². The minimum absolute atomic E-state index is 0.00512. The molecule has 13 amide bonds. The van der Waals surface area contributed by atoms with Crippen molar-refractivity contribution >= 4 is 106 Å². The van der Waals surface area contributed by atoms with E-state index in [1.54, 1.807) is 146 Å². The van der Waals surface area contributed by atoms with Crippen LogP contribution in [0, 0.1) is 23.7 Å². The SMILES string of the molecule is CC[C@H](C)[C@@H]1NC(=O)[C@H](C(C)C)NC(=O)[C@H](CC(C)C)NC(=O)[C@H](Cc2ccccc2)NC(=O)[C@H](Cc2ccccc2)NC(O)CSC[C@@H](C(=O)NCC(N)=O)NC(=O)[C@H](CCCN)NC(=O)[C@H](Cc2ccccc2)NC(=O)[C@H](C(C)C)NC(=O)[C@H](CCCN=C(N)N)NC(=O)[C@H](CC(=O)O)NC(=O)[C@H](CCCN=C(N)N)NC1=O. The number of carbonyl (C=O) groups is 14. The van der Waals surface area contributed by atoms with Crippen LogP contribution in [0.3, 0.4) is 0 Å². The van der Waals surface area contributed by atoms with Crippen molar-refractivity contribution in [3.8, 4) is 0 Å². The molecule has 634 valence electrons. The fourth-order valence-electron chi connectivity index (χ4n) is 12.2. The number of hydrogen-bond acceptors (Lipinski definition) is 20. The summed E-state index contributed by atoms with van der Waals surface area (Å²) in [6, 6.07) is 7.55. The number of guanidine groups is 2. The lowest BCUT2D eigenvalue weighted by Gasteiger charge is -2.31. The fourth-order valence-corrected chi connectivity index (χ4v) is 13.1. The van der Waals surface area contributed by atoms with Crippen LogP contribution in [-0.2, 0) is 86.4 Å². The number of aliphatic hydroxyl groups is 1. The van der Waals surface area contributed by atoms with E-state index in [9.17, 15) is 77.3 Å². The van der Waals surface area contributed by atoms with Crippen LogP contribution in [0.4, 0.5) is 0 Å². The summed E-state index contributed by atoms with van der Waals surface area (Å²) in [6.45, 7) is 12.5. The van der Waals surface area contributed by atoms with Crippen molar-refractivity contribution < 1.29 is 77.3 Å². The Bertz CT molecular complexity index is 3760. The van der Waals surface area contributed by atoms with Gasteiger partial charge in [0.15, 0.2) is 11.9 Å². The van der Waals surface area contributed by atoms with E-state index in [0.717, 1.165) is 11.8 Å². The van der Waals surface area contributed by atoms with E-state index in [1.165, 1.54) is 0 Å². The van der Waals surface area contributed by atoms with Crippen LogP contribution in [-0.4, -0.2) is 221 Å². The molecule has 0 aromatic heterocycles. The van der Waals surface area contributed by atoms with Crippen molar-refractivity contribution in [1.29, 1.82) is 0 Å². The number of rotatable bonds is 28. The highest BCUT2D eigenvalue weighted by Crippen LogP contribution is 2.18. The molecular weight excluding hydrogens is 1510 g/mol. The van der Waals surface area contributed by atoms with Crippen LogP contribution in [0.25, 0.3) is 0 Å². The first-order valence-electron chi connectivity index (χ1n) is 38.6. The molecular formula is C77H119N21O16S. The monoisotopic (exact) mass is 1630 g/mol. The highest BCUT2D eigenvalue weighted by atomic mass is 32.2. The number of primary amides is 1. The number of nitrogens with one attached hydrogen (secondary N) is 13. The Balaban J connectivity index is 1.95. The Morgan fingerprint density at radius 1 is 0.461 bits per heavy atom. The second kappa shape index (κ2) is 50.3. The molecule has 1 heterocycles. The molecule has 27 N–H and O–H groups in total. The summed E-state index contributed by atoms with van der Waals surface area (Å²) in [5.41, 5.74) is 35.5. The molecule has 3 aromatic rings. The number of nitrogens with zero attached hydrogens (tertiary/aromatic N) is 2. The van der Waals surface area contributed by atoms with Crippen LogP contribution in [0.1, 0.15) is 130 Å². The predicted octanol–water partition coefficient (Wildman–Crippen LogP) is -3.60. The molecule has 14 atom stereocenters. The third-order valence-electron chi connectivity index (χ3n) is 18.6. The Morgan fingerprint density at radius 2 is 0.817 bits per heavy atom. The average Bonchev–Trinajstić information content (AvgIpc) is 0.845. The minimum atomic E-state index is -1.99. The molecule has 4 rings (SSSR count). The highest BCUT2D eigenvalue weighted by molar-refractivity contribution is 7.99. The van der Waals surface area contributed by atoms with Gasteiger partial charge in [-0.3, -0.25) is 82.4 Å². The van der Waals surface area contributed by atoms with Crippen molar-refractivity contribution in [3.63, 3.8) is 0 Å². The molecule has 115 heavy (non-hydrogen) atoms. The summed E-state index contributed by atoms with van der Waals surface area (Å²) in [6.07, 6.45) is -3.37. The standard InChI is InChI=1S/C77H119N21O16S/c1-9-45(8)63-75(114)90-50(29-20-32-84-76(80)81)65(104)93-56(38-60(101)102)71(110)89-51(30-21-33-85-77(82)83)67(106)96-61(43(4)5)73(112)94-55(37-48-26-17-12-18-27-48)69(108)88-49(28-19-31-78)66(105)95-57(64(103)86-39-58(79)99)40-115-41-59(100)87-53(35-46-22-13-10-14-23-46)68(107)92-54(36-47-24-15-11-16-25-47)70(109)91-52(34-42(2)3)72(111)97-62(44(6)7)74(113)98-63/h10-18,22-27,42-45,49-57,59,61-63,87,100H,9,19-21,28-41,78H2,1-8H3,(H2,79,99)(H,86,103)(H,88,108)(H,89,110)(H,90,114)(H,91,109)(H,92,107)(H,93,104)(H,94,112)(H,95,105)(H,96,106)(H,97,111)(H,98,113)(H,101,102)(H4,80,81,84)(H4,82,83,85)/t45-,49-,50-,51-,52-,53-,54-,55-,56-,57-,59?,61-,62-,63-/m0/s1. The van der Waals surface area contributed by atoms with E-state index < -0.39 is 192 Å². The van der Waals surface area contributed by atoms with E-state index in [0.29, 0.717) is 16.7 Å². The Kier molecular flexibility index (Phi) is 42.1. The van der Waals surface area contributed by atoms with Gasteiger partial charge >= 0.3 is 5.97 Å². The maximum Gasteiger partial charge on any atom is 0.305 e. The molecule has 1 unspecified atom stereocenters. The lowest BCUT2D eigenvalue weighted by molar-refractivity contribution is -0.142. The molecule has 0 spiro atoms. The summed E-state index contributed by atoms with van der Waals surface area (Å²) < 4.78 is 0. The Labute approximate surface area is 674 Å². The number of carboxylic acids is 1. The Hall–Kier alpha value is -11.0. The van der Waals surface area contributed by atoms with Crippen molar-refractivity contribution in [2.45, 2.75) is 211 Å². The van der Waals surface area contributed by atoms with Crippen LogP contribution >= 0.6 is 11.8 Å². The van der Waals surface area contributed by atoms with E-state index in [2.05, 4.69) is 79.1 Å². The van der Waals surface area contributed by atoms with Crippen molar-refractivity contribution in [2.75, 3.05) is 37.7 Å².